The van der Waals surface area contributed by atoms with Crippen LogP contribution >= 0.6 is 0 Å². The predicted molar refractivity (Wildman–Crippen MR) is 36.9 cm³/mol. The van der Waals surface area contributed by atoms with Gasteiger partial charge in [-0.15, -0.1) is 0 Å². The number of benzene rings is 1. The van der Waals surface area contributed by atoms with Crippen molar-refractivity contribution in [2.24, 2.45) is 0 Å². The van der Waals surface area contributed by atoms with E-state index < -0.39 is 0 Å². The van der Waals surface area contributed by atoms with Crippen LogP contribution in [-0.4, -0.2) is 12.1 Å². The van der Waals surface area contributed by atoms with Crippen LogP contribution in [-0.2, 0) is 0 Å². The Kier molecular flexibility index (Phi) is 0.947. The summed E-state index contributed by atoms with van der Waals surface area (Å²) in [5, 5.41) is 0. The summed E-state index contributed by atoms with van der Waals surface area (Å²) < 4.78 is 0. The minimum absolute atomic E-state index is 0.00407. The van der Waals surface area contributed by atoms with Gasteiger partial charge >= 0.3 is 5.91 Å². The molecule has 1 heterocycles. The molecule has 2 heteroatoms. The molecule has 1 aliphatic rings. The average Bonchev–Trinajstić information content (AvgIpc) is 2.34. The summed E-state index contributed by atoms with van der Waals surface area (Å²) in [6.07, 6.45) is 1.72. The zero-order chi connectivity index (χ0) is 6.97. The van der Waals surface area contributed by atoms with Crippen LogP contribution in [0.2, 0.25) is 0 Å². The maximum atomic E-state index is 10.9. The summed E-state index contributed by atoms with van der Waals surface area (Å²) in [5.41, 5.74) is 1.75. The molecule has 1 aromatic carbocycles. The molecule has 10 heavy (non-hydrogen) atoms. The summed E-state index contributed by atoms with van der Waals surface area (Å²) in [6.45, 7) is 0. The Balaban J connectivity index is 2.70. The van der Waals surface area contributed by atoms with Crippen LogP contribution in [0.15, 0.2) is 24.3 Å². The van der Waals surface area contributed by atoms with Gasteiger partial charge in [0, 0.05) is 0 Å². The van der Waals surface area contributed by atoms with Gasteiger partial charge in [0.15, 0.2) is 6.21 Å². The summed E-state index contributed by atoms with van der Waals surface area (Å²) in [5.74, 6) is -0.00407. The lowest BCUT2D eigenvalue weighted by Crippen LogP contribution is -2.70. The lowest BCUT2D eigenvalue weighted by Gasteiger charge is -1.85. The highest BCUT2D eigenvalue weighted by atomic mass is 16.1. The average molecular weight is 132 g/mol. The molecule has 0 unspecified atom stereocenters. The van der Waals surface area contributed by atoms with E-state index in [-0.39, 0.29) is 5.91 Å². The largest absolute Gasteiger partial charge is 0.418 e. The Labute approximate surface area is 58.2 Å². The van der Waals surface area contributed by atoms with Crippen LogP contribution in [0, 0.1) is 0 Å². The predicted octanol–water partition coefficient (Wildman–Crippen LogP) is -0.660. The monoisotopic (exact) mass is 132 g/mol. The van der Waals surface area contributed by atoms with Gasteiger partial charge < -0.3 is 0 Å². The van der Waals surface area contributed by atoms with Crippen molar-refractivity contribution >= 4 is 12.1 Å². The first-order chi connectivity index (χ1) is 4.88. The fourth-order valence-electron chi connectivity index (χ4n) is 1.05. The lowest BCUT2D eigenvalue weighted by atomic mass is 10.1. The molecular formula is C8H6NO+. The van der Waals surface area contributed by atoms with Gasteiger partial charge in [-0.2, -0.15) is 4.99 Å². The first-order valence-electron chi connectivity index (χ1n) is 3.11. The van der Waals surface area contributed by atoms with E-state index in [0.717, 1.165) is 11.1 Å². The van der Waals surface area contributed by atoms with Gasteiger partial charge in [-0.1, -0.05) is 12.1 Å². The Morgan fingerprint density at radius 1 is 1.20 bits per heavy atom. The number of hydrogen-bond donors (Lipinski definition) is 1. The van der Waals surface area contributed by atoms with Crippen LogP contribution in [0.3, 0.4) is 0 Å². The molecule has 48 valence electrons. The van der Waals surface area contributed by atoms with Crippen molar-refractivity contribution in [2.45, 2.75) is 0 Å². The van der Waals surface area contributed by atoms with Gasteiger partial charge in [0.2, 0.25) is 0 Å². The van der Waals surface area contributed by atoms with Gasteiger partial charge in [0.1, 0.15) is 5.56 Å². The van der Waals surface area contributed by atoms with E-state index in [0.29, 0.717) is 0 Å². The molecule has 1 aliphatic heterocycles. The Bertz CT molecular complexity index is 315. The highest BCUT2D eigenvalue weighted by molar-refractivity contribution is 6.02. The maximum Gasteiger partial charge on any atom is 0.418 e. The van der Waals surface area contributed by atoms with Crippen molar-refractivity contribution in [1.82, 2.24) is 0 Å². The third kappa shape index (κ3) is 0.589. The van der Waals surface area contributed by atoms with E-state index in [1.54, 1.807) is 6.21 Å². The topological polar surface area (TPSA) is 31.0 Å². The van der Waals surface area contributed by atoms with E-state index >= 15 is 0 Å². The second-order valence-corrected chi connectivity index (χ2v) is 2.21. The number of rotatable bonds is 0. The van der Waals surface area contributed by atoms with E-state index in [2.05, 4.69) is 4.99 Å². The molecule has 0 atom stereocenters. The Hall–Kier alpha value is -1.44. The third-order valence-electron chi connectivity index (χ3n) is 1.56. The summed E-state index contributed by atoms with van der Waals surface area (Å²) >= 11 is 0. The molecule has 1 N–H and O–H groups in total. The quantitative estimate of drug-likeness (QED) is 0.499. The number of fused-ring (bicyclic) bond motifs is 1. The van der Waals surface area contributed by atoms with Crippen LogP contribution in [0.5, 0.6) is 0 Å². The van der Waals surface area contributed by atoms with Crippen molar-refractivity contribution in [3.05, 3.63) is 35.4 Å². The minimum Gasteiger partial charge on any atom is -0.214 e. The molecular weight excluding hydrogens is 126 g/mol. The van der Waals surface area contributed by atoms with Gasteiger partial charge in [0.05, 0.1) is 5.56 Å². The van der Waals surface area contributed by atoms with Crippen molar-refractivity contribution < 1.29 is 9.79 Å². The zero-order valence-corrected chi connectivity index (χ0v) is 5.29. The first kappa shape index (κ1) is 5.35. The Morgan fingerprint density at radius 3 is 2.80 bits per heavy atom. The van der Waals surface area contributed by atoms with Crippen molar-refractivity contribution in [1.29, 1.82) is 0 Å². The molecule has 0 fully saturated rings. The molecule has 0 saturated carbocycles. The zero-order valence-electron chi connectivity index (χ0n) is 5.29. The van der Waals surface area contributed by atoms with Gasteiger partial charge in [-0.3, -0.25) is 0 Å². The fraction of sp³-hybridized carbons (Fsp3) is 0. The smallest absolute Gasteiger partial charge is 0.214 e. The van der Waals surface area contributed by atoms with Gasteiger partial charge in [-0.05, 0) is 12.1 Å². The normalized spacial score (nSPS) is 13.8. The number of hydrogen-bond acceptors (Lipinski definition) is 1. The molecule has 1 amide bonds. The van der Waals surface area contributed by atoms with E-state index in [1.165, 1.54) is 0 Å². The van der Waals surface area contributed by atoms with E-state index in [1.807, 2.05) is 24.3 Å². The Morgan fingerprint density at radius 2 is 2.00 bits per heavy atom. The number of carbonyl (C=O) groups is 1. The summed E-state index contributed by atoms with van der Waals surface area (Å²) in [7, 11) is 0. The van der Waals surface area contributed by atoms with E-state index in [4.69, 9.17) is 0 Å². The second kappa shape index (κ2) is 1.77. The molecule has 0 saturated heterocycles. The number of amides is 1. The van der Waals surface area contributed by atoms with Gasteiger partial charge in [-0.25, -0.2) is 4.79 Å². The highest BCUT2D eigenvalue weighted by Gasteiger charge is 2.20. The number of carbonyl (C=O) groups excluding carboxylic acids is 1. The highest BCUT2D eigenvalue weighted by Crippen LogP contribution is 2.04. The van der Waals surface area contributed by atoms with Gasteiger partial charge in [0.25, 0.3) is 0 Å². The van der Waals surface area contributed by atoms with Crippen LogP contribution in [0.1, 0.15) is 15.9 Å². The molecule has 1 aromatic rings. The number of nitrogens with one attached hydrogen (secondary N) is 1. The SMILES string of the molecule is O=C1[NH+]=Cc2ccccc21. The standard InChI is InChI=1S/C8H5NO/c10-8-7-4-2-1-3-6(7)5-9-8/h1-5H/p+1. The maximum absolute atomic E-state index is 10.9. The molecule has 0 bridgehead atoms. The van der Waals surface area contributed by atoms with Crippen LogP contribution in [0.4, 0.5) is 0 Å². The van der Waals surface area contributed by atoms with Crippen molar-refractivity contribution in [3.63, 3.8) is 0 Å². The molecule has 2 nitrogen and oxygen atoms in total. The lowest BCUT2D eigenvalue weighted by molar-refractivity contribution is -0.335. The van der Waals surface area contributed by atoms with Crippen LogP contribution < -0.4 is 4.99 Å². The summed E-state index contributed by atoms with van der Waals surface area (Å²) in [4.78, 5) is 13.5. The molecule has 0 radical (unpaired) electrons. The van der Waals surface area contributed by atoms with E-state index in [9.17, 15) is 4.79 Å². The fourth-order valence-corrected chi connectivity index (χ4v) is 1.05. The molecule has 0 aliphatic carbocycles. The second-order valence-electron chi connectivity index (χ2n) is 2.21. The van der Waals surface area contributed by atoms with Crippen molar-refractivity contribution in [2.75, 3.05) is 0 Å². The first-order valence-corrected chi connectivity index (χ1v) is 3.11. The summed E-state index contributed by atoms with van der Waals surface area (Å²) in [6, 6.07) is 7.49. The third-order valence-corrected chi connectivity index (χ3v) is 1.56. The molecule has 2 rings (SSSR count). The molecule has 0 spiro atoms. The van der Waals surface area contributed by atoms with Crippen molar-refractivity contribution in [3.8, 4) is 0 Å². The minimum atomic E-state index is -0.00407. The molecule has 0 aromatic heterocycles. The van der Waals surface area contributed by atoms with Crippen LogP contribution in [0.25, 0.3) is 0 Å².